The van der Waals surface area contributed by atoms with E-state index in [2.05, 4.69) is 34.0 Å². The summed E-state index contributed by atoms with van der Waals surface area (Å²) in [6.07, 6.45) is 1.61. The Morgan fingerprint density at radius 2 is 1.95 bits per heavy atom. The van der Waals surface area contributed by atoms with Gasteiger partial charge < -0.3 is 4.57 Å². The molecule has 0 bridgehead atoms. The minimum atomic E-state index is 0.848. The summed E-state index contributed by atoms with van der Waals surface area (Å²) in [7, 11) is 1.96. The summed E-state index contributed by atoms with van der Waals surface area (Å²) in [5, 5.41) is 11.2. The van der Waals surface area contributed by atoms with Gasteiger partial charge in [0.1, 0.15) is 22.0 Å². The SMILES string of the molecule is Cc1sc2ncnc(Sc3nnc(C)n3C)c2c1C. The van der Waals surface area contributed by atoms with Gasteiger partial charge in [0.2, 0.25) is 0 Å². The van der Waals surface area contributed by atoms with Crippen LogP contribution in [0, 0.1) is 20.8 Å². The lowest BCUT2D eigenvalue weighted by molar-refractivity contribution is 0.765. The maximum atomic E-state index is 4.40. The molecule has 0 aliphatic rings. The number of aromatic nitrogens is 5. The summed E-state index contributed by atoms with van der Waals surface area (Å²) in [6.45, 7) is 6.17. The average Bonchev–Trinajstić information content (AvgIpc) is 2.85. The van der Waals surface area contributed by atoms with Crippen molar-refractivity contribution in [3.63, 3.8) is 0 Å². The van der Waals surface area contributed by atoms with Crippen molar-refractivity contribution in [2.45, 2.75) is 31.0 Å². The van der Waals surface area contributed by atoms with Crippen LogP contribution >= 0.6 is 23.1 Å². The predicted molar refractivity (Wildman–Crippen MR) is 76.8 cm³/mol. The van der Waals surface area contributed by atoms with Crippen molar-refractivity contribution >= 4 is 33.3 Å². The molecular weight excluding hydrogens is 278 g/mol. The molecule has 0 N–H and O–H groups in total. The summed E-state index contributed by atoms with van der Waals surface area (Å²) >= 11 is 3.24. The molecule has 0 aliphatic carbocycles. The Kier molecular flexibility index (Phi) is 3.02. The molecular formula is C12H13N5S2. The second kappa shape index (κ2) is 4.57. The van der Waals surface area contributed by atoms with E-state index in [1.807, 2.05) is 18.5 Å². The Balaban J connectivity index is 2.13. The Bertz CT molecular complexity index is 759. The van der Waals surface area contributed by atoms with Crippen LogP contribution < -0.4 is 0 Å². The maximum Gasteiger partial charge on any atom is 0.197 e. The van der Waals surface area contributed by atoms with Crippen LogP contribution in [0.3, 0.4) is 0 Å². The van der Waals surface area contributed by atoms with Crippen molar-refractivity contribution < 1.29 is 0 Å². The summed E-state index contributed by atoms with van der Waals surface area (Å²) in [5.74, 6) is 0.894. The number of aryl methyl sites for hydroxylation is 3. The fraction of sp³-hybridized carbons (Fsp3) is 0.333. The van der Waals surface area contributed by atoms with Gasteiger partial charge in [-0.15, -0.1) is 21.5 Å². The molecule has 0 aromatic carbocycles. The zero-order valence-electron chi connectivity index (χ0n) is 11.1. The molecule has 3 aromatic heterocycles. The minimum Gasteiger partial charge on any atom is -0.309 e. The Hall–Kier alpha value is -1.47. The second-order valence-electron chi connectivity index (χ2n) is 4.33. The zero-order chi connectivity index (χ0) is 13.6. The normalized spacial score (nSPS) is 11.4. The van der Waals surface area contributed by atoms with Gasteiger partial charge in [0.15, 0.2) is 5.16 Å². The molecule has 0 atom stereocenters. The van der Waals surface area contributed by atoms with Gasteiger partial charge in [-0.05, 0) is 38.1 Å². The molecule has 0 spiro atoms. The summed E-state index contributed by atoms with van der Waals surface area (Å²) in [6, 6.07) is 0. The minimum absolute atomic E-state index is 0.848. The number of thiophene rings is 1. The molecule has 3 heterocycles. The highest BCUT2D eigenvalue weighted by Crippen LogP contribution is 2.36. The first kappa shape index (κ1) is 12.6. The van der Waals surface area contributed by atoms with Crippen molar-refractivity contribution in [1.82, 2.24) is 24.7 Å². The molecule has 0 saturated heterocycles. The van der Waals surface area contributed by atoms with Crippen LogP contribution in [0.25, 0.3) is 10.2 Å². The molecule has 0 radical (unpaired) electrons. The lowest BCUT2D eigenvalue weighted by Crippen LogP contribution is -1.94. The van der Waals surface area contributed by atoms with Crippen molar-refractivity contribution in [3.05, 3.63) is 22.6 Å². The summed E-state index contributed by atoms with van der Waals surface area (Å²) in [5.41, 5.74) is 1.25. The topological polar surface area (TPSA) is 56.5 Å². The van der Waals surface area contributed by atoms with Crippen LogP contribution in [0.15, 0.2) is 16.5 Å². The molecule has 0 fully saturated rings. The van der Waals surface area contributed by atoms with E-state index in [0.717, 1.165) is 26.2 Å². The summed E-state index contributed by atoms with van der Waals surface area (Å²) in [4.78, 5) is 11.1. The van der Waals surface area contributed by atoms with Crippen molar-refractivity contribution in [2.24, 2.45) is 7.05 Å². The van der Waals surface area contributed by atoms with Crippen molar-refractivity contribution in [3.8, 4) is 0 Å². The fourth-order valence-electron chi connectivity index (χ4n) is 1.79. The van der Waals surface area contributed by atoms with E-state index in [9.17, 15) is 0 Å². The lowest BCUT2D eigenvalue weighted by atomic mass is 10.2. The third-order valence-corrected chi connectivity index (χ3v) is 5.33. The van der Waals surface area contributed by atoms with Crippen molar-refractivity contribution in [1.29, 1.82) is 0 Å². The quantitative estimate of drug-likeness (QED) is 0.679. The van der Waals surface area contributed by atoms with Gasteiger partial charge in [-0.1, -0.05) is 0 Å². The number of hydrogen-bond donors (Lipinski definition) is 0. The van der Waals surface area contributed by atoms with Crippen LogP contribution in [0.4, 0.5) is 0 Å². The van der Waals surface area contributed by atoms with Crippen LogP contribution in [-0.2, 0) is 7.05 Å². The van der Waals surface area contributed by atoms with E-state index < -0.39 is 0 Å². The number of nitrogens with zero attached hydrogens (tertiary/aromatic N) is 5. The van der Waals surface area contributed by atoms with Gasteiger partial charge in [0.05, 0.1) is 0 Å². The van der Waals surface area contributed by atoms with E-state index in [1.54, 1.807) is 17.7 Å². The predicted octanol–water partition coefficient (Wildman–Crippen LogP) is 2.90. The summed E-state index contributed by atoms with van der Waals surface area (Å²) < 4.78 is 1.97. The molecule has 98 valence electrons. The number of hydrogen-bond acceptors (Lipinski definition) is 6. The highest BCUT2D eigenvalue weighted by molar-refractivity contribution is 7.99. The first-order valence-electron chi connectivity index (χ1n) is 5.82. The average molecular weight is 291 g/mol. The largest absolute Gasteiger partial charge is 0.309 e. The van der Waals surface area contributed by atoms with Gasteiger partial charge in [0, 0.05) is 17.3 Å². The molecule has 19 heavy (non-hydrogen) atoms. The van der Waals surface area contributed by atoms with E-state index in [1.165, 1.54) is 22.2 Å². The molecule has 3 aromatic rings. The third-order valence-electron chi connectivity index (χ3n) is 3.17. The Labute approximate surface area is 119 Å². The number of rotatable bonds is 2. The van der Waals surface area contributed by atoms with E-state index in [0.29, 0.717) is 0 Å². The van der Waals surface area contributed by atoms with E-state index in [4.69, 9.17) is 0 Å². The Morgan fingerprint density at radius 3 is 2.63 bits per heavy atom. The van der Waals surface area contributed by atoms with Gasteiger partial charge >= 0.3 is 0 Å². The zero-order valence-corrected chi connectivity index (χ0v) is 12.8. The van der Waals surface area contributed by atoms with Gasteiger partial charge in [0.25, 0.3) is 0 Å². The lowest BCUT2D eigenvalue weighted by Gasteiger charge is -2.02. The van der Waals surface area contributed by atoms with Gasteiger partial charge in [-0.25, -0.2) is 9.97 Å². The Morgan fingerprint density at radius 1 is 1.16 bits per heavy atom. The smallest absolute Gasteiger partial charge is 0.197 e. The molecule has 0 saturated carbocycles. The van der Waals surface area contributed by atoms with Crippen LogP contribution in [-0.4, -0.2) is 24.7 Å². The molecule has 5 nitrogen and oxygen atoms in total. The van der Waals surface area contributed by atoms with Crippen LogP contribution in [0.1, 0.15) is 16.3 Å². The monoisotopic (exact) mass is 291 g/mol. The first-order valence-corrected chi connectivity index (χ1v) is 7.45. The standard InChI is InChI=1S/C12H13N5S2/c1-6-7(2)18-10-9(6)11(14-5-13-10)19-12-16-15-8(3)17(12)4/h5H,1-4H3. The van der Waals surface area contributed by atoms with Crippen molar-refractivity contribution in [2.75, 3.05) is 0 Å². The fourth-order valence-corrected chi connectivity index (χ4v) is 3.83. The van der Waals surface area contributed by atoms with Gasteiger partial charge in [-0.3, -0.25) is 0 Å². The van der Waals surface area contributed by atoms with Crippen LogP contribution in [0.2, 0.25) is 0 Å². The van der Waals surface area contributed by atoms with Crippen LogP contribution in [0.5, 0.6) is 0 Å². The molecule has 0 aliphatic heterocycles. The number of fused-ring (bicyclic) bond motifs is 1. The maximum absolute atomic E-state index is 4.40. The highest BCUT2D eigenvalue weighted by atomic mass is 32.2. The molecule has 0 unspecified atom stereocenters. The molecule has 3 rings (SSSR count). The van der Waals surface area contributed by atoms with Gasteiger partial charge in [-0.2, -0.15) is 0 Å². The second-order valence-corrected chi connectivity index (χ2v) is 6.49. The molecule has 7 heteroatoms. The first-order chi connectivity index (χ1) is 9.08. The molecule has 0 amide bonds. The third kappa shape index (κ3) is 2.02. The highest BCUT2D eigenvalue weighted by Gasteiger charge is 2.15. The van der Waals surface area contributed by atoms with E-state index in [-0.39, 0.29) is 0 Å². The van der Waals surface area contributed by atoms with E-state index >= 15 is 0 Å².